The van der Waals surface area contributed by atoms with Gasteiger partial charge in [-0.05, 0) is 30.2 Å². The molecule has 0 aliphatic carbocycles. The number of nitro groups is 1. The summed E-state index contributed by atoms with van der Waals surface area (Å²) in [5.41, 5.74) is 0.653. The molecular weight excluding hydrogens is 407 g/mol. The zero-order valence-corrected chi connectivity index (χ0v) is 17.1. The largest absolute Gasteiger partial charge is 1.00 e. The third kappa shape index (κ3) is 8.06. The van der Waals surface area contributed by atoms with Crippen LogP contribution in [0.4, 0.5) is 10.5 Å². The van der Waals surface area contributed by atoms with Crippen LogP contribution in [-0.2, 0) is 0 Å². The maximum atomic E-state index is 11.3. The van der Waals surface area contributed by atoms with Crippen LogP contribution >= 0.6 is 0 Å². The standard InChI is InChI=1S/C14H10N4O5.Na.5H2O/c19-13-8-17(14(20)16-13)15-7-11-5-6-12(23-11)9-1-3-10(4-2-9)18(21)22;;;;;;/h1-7H,8H2,(H,16,19,20);;5*1H2/q;+1;;;;;/p-1. The van der Waals surface area contributed by atoms with Crippen LogP contribution in [-0.4, -0.2) is 62.0 Å². The number of nitro benzene ring substituents is 1. The smallest absolute Gasteiger partial charge is 0.860 e. The molecule has 1 aliphatic heterocycles. The number of hydrogen-bond donors (Lipinski definition) is 0. The van der Waals surface area contributed by atoms with Crippen LogP contribution in [0.25, 0.3) is 11.3 Å². The maximum Gasteiger partial charge on any atom is 1.00 e. The predicted molar refractivity (Wildman–Crippen MR) is 96.0 cm³/mol. The summed E-state index contributed by atoms with van der Waals surface area (Å²) in [4.78, 5) is 24.6. The number of benzene rings is 1. The van der Waals surface area contributed by atoms with Gasteiger partial charge in [0.15, 0.2) is 0 Å². The summed E-state index contributed by atoms with van der Waals surface area (Å²) in [5, 5.41) is 26.3. The maximum absolute atomic E-state index is 11.3. The molecule has 14 nitrogen and oxygen atoms in total. The van der Waals surface area contributed by atoms with Crippen LogP contribution in [0.1, 0.15) is 5.76 Å². The van der Waals surface area contributed by atoms with E-state index in [0.29, 0.717) is 17.1 Å². The molecule has 0 spiro atoms. The fraction of sp³-hybridized carbons (Fsp3) is 0.0714. The molecule has 0 atom stereocenters. The molecule has 0 saturated heterocycles. The summed E-state index contributed by atoms with van der Waals surface area (Å²) < 4.78 is 5.52. The summed E-state index contributed by atoms with van der Waals surface area (Å²) in [6.45, 7) is -0.189. The Morgan fingerprint density at radius 2 is 1.66 bits per heavy atom. The van der Waals surface area contributed by atoms with Gasteiger partial charge >= 0.3 is 35.6 Å². The summed E-state index contributed by atoms with van der Waals surface area (Å²) >= 11 is 0. The molecule has 2 amide bonds. The Kier molecular flexibility index (Phi) is 16.7. The van der Waals surface area contributed by atoms with Crippen molar-refractivity contribution >= 4 is 23.8 Å². The van der Waals surface area contributed by atoms with Gasteiger partial charge in [-0.1, -0.05) is 0 Å². The first-order valence-corrected chi connectivity index (χ1v) is 6.47. The number of hydrazone groups is 1. The SMILES string of the molecule is O.O.O.O.O.O=C1N=C([O-])CN1N=Cc1ccc(-c2ccc([N+](=O)[O-])cc2)o1.[Na+]. The normalized spacial score (nSPS) is 11.5. The van der Waals surface area contributed by atoms with Gasteiger partial charge in [-0.3, -0.25) is 10.1 Å². The average molecular weight is 426 g/mol. The first-order chi connectivity index (χ1) is 11.0. The van der Waals surface area contributed by atoms with E-state index in [9.17, 15) is 20.0 Å². The molecule has 0 unspecified atom stereocenters. The minimum Gasteiger partial charge on any atom is -0.860 e. The number of rotatable bonds is 4. The molecule has 156 valence electrons. The Morgan fingerprint density at radius 1 is 1.07 bits per heavy atom. The molecule has 2 aromatic rings. The van der Waals surface area contributed by atoms with Gasteiger partial charge < -0.3 is 36.9 Å². The molecule has 29 heavy (non-hydrogen) atoms. The fourth-order valence-corrected chi connectivity index (χ4v) is 1.94. The van der Waals surface area contributed by atoms with E-state index in [1.807, 2.05) is 0 Å². The molecule has 15 heteroatoms. The van der Waals surface area contributed by atoms with Gasteiger partial charge in [-0.25, -0.2) is 14.8 Å². The fourth-order valence-electron chi connectivity index (χ4n) is 1.94. The Hall–Kier alpha value is -2.69. The number of urea groups is 1. The quantitative estimate of drug-likeness (QED) is 0.199. The average Bonchev–Trinajstić information content (AvgIpc) is 3.11. The van der Waals surface area contributed by atoms with Crippen molar-refractivity contribution < 1.29 is 76.2 Å². The Morgan fingerprint density at radius 3 is 2.14 bits per heavy atom. The van der Waals surface area contributed by atoms with Crippen LogP contribution in [0.3, 0.4) is 0 Å². The summed E-state index contributed by atoms with van der Waals surface area (Å²) in [6, 6.07) is 8.47. The Bertz CT molecular complexity index is 837. The van der Waals surface area contributed by atoms with E-state index in [1.54, 1.807) is 24.3 Å². The number of non-ortho nitro benzene ring substituents is 1. The van der Waals surface area contributed by atoms with Crippen molar-refractivity contribution in [3.63, 3.8) is 0 Å². The van der Waals surface area contributed by atoms with Gasteiger partial charge in [0, 0.05) is 17.7 Å². The zero-order valence-electron chi connectivity index (χ0n) is 15.1. The predicted octanol–water partition coefficient (Wildman–Crippen LogP) is -5.74. The molecule has 0 bridgehead atoms. The minimum atomic E-state index is -0.714. The molecule has 2 heterocycles. The monoisotopic (exact) mass is 426 g/mol. The van der Waals surface area contributed by atoms with E-state index in [4.69, 9.17) is 4.42 Å². The molecule has 3 rings (SSSR count). The van der Waals surface area contributed by atoms with Gasteiger partial charge in [0.2, 0.25) is 0 Å². The molecule has 0 radical (unpaired) electrons. The summed E-state index contributed by atoms with van der Waals surface area (Å²) in [5.74, 6) is 0.318. The third-order valence-electron chi connectivity index (χ3n) is 3.04. The molecule has 0 fully saturated rings. The van der Waals surface area contributed by atoms with Crippen molar-refractivity contribution in [2.45, 2.75) is 0 Å². The number of aliphatic imine (C=N–C) groups is 1. The van der Waals surface area contributed by atoms with E-state index in [-0.39, 0.29) is 69.2 Å². The van der Waals surface area contributed by atoms with Gasteiger partial charge in [0.05, 0.1) is 17.7 Å². The molecule has 0 saturated carbocycles. The van der Waals surface area contributed by atoms with Crippen LogP contribution in [0, 0.1) is 10.1 Å². The van der Waals surface area contributed by atoms with Crippen LogP contribution in [0.15, 0.2) is 50.9 Å². The molecule has 1 aliphatic rings. The van der Waals surface area contributed by atoms with E-state index >= 15 is 0 Å². The van der Waals surface area contributed by atoms with Crippen molar-refractivity contribution in [2.24, 2.45) is 10.1 Å². The first kappa shape index (κ1) is 33.9. The van der Waals surface area contributed by atoms with Crippen molar-refractivity contribution in [1.29, 1.82) is 0 Å². The first-order valence-electron chi connectivity index (χ1n) is 6.47. The van der Waals surface area contributed by atoms with Gasteiger partial charge in [0.25, 0.3) is 5.69 Å². The number of amides is 2. The number of carbonyl (C=O) groups is 1. The second-order valence-corrected chi connectivity index (χ2v) is 4.60. The van der Waals surface area contributed by atoms with Crippen LogP contribution in [0.5, 0.6) is 0 Å². The van der Waals surface area contributed by atoms with Gasteiger partial charge in [0.1, 0.15) is 11.5 Å². The van der Waals surface area contributed by atoms with Crippen LogP contribution in [0.2, 0.25) is 0 Å². The number of hydrogen-bond acceptors (Lipinski definition) is 6. The molecule has 10 N–H and O–H groups in total. The summed E-state index contributed by atoms with van der Waals surface area (Å²) in [6.07, 6.45) is 1.29. The van der Waals surface area contributed by atoms with Gasteiger partial charge in [-0.15, -0.1) is 0 Å². The van der Waals surface area contributed by atoms with E-state index in [0.717, 1.165) is 5.01 Å². The molecule has 1 aromatic heterocycles. The van der Waals surface area contributed by atoms with Crippen molar-refractivity contribution in [1.82, 2.24) is 5.01 Å². The molecule has 1 aromatic carbocycles. The number of furan rings is 1. The topological polar surface area (TPSA) is 282 Å². The number of carbonyl (C=O) groups excluding carboxylic acids is 1. The Balaban J connectivity index is -0.000000521. The zero-order chi connectivity index (χ0) is 16.4. The Labute approximate surface area is 185 Å². The third-order valence-corrected chi connectivity index (χ3v) is 3.04. The van der Waals surface area contributed by atoms with Crippen molar-refractivity contribution in [2.75, 3.05) is 6.54 Å². The minimum absolute atomic E-state index is 0. The summed E-state index contributed by atoms with van der Waals surface area (Å²) in [7, 11) is 0. The van der Waals surface area contributed by atoms with Gasteiger partial charge in [-0.2, -0.15) is 5.10 Å². The van der Waals surface area contributed by atoms with E-state index < -0.39 is 16.9 Å². The van der Waals surface area contributed by atoms with Crippen LogP contribution < -0.4 is 34.7 Å². The number of nitrogens with zero attached hydrogens (tertiary/aromatic N) is 4. The van der Waals surface area contributed by atoms with E-state index in [2.05, 4.69) is 10.1 Å². The molecular formula is C14H19N4NaO10. The second-order valence-electron chi connectivity index (χ2n) is 4.60. The van der Waals surface area contributed by atoms with E-state index in [1.165, 1.54) is 18.3 Å². The second kappa shape index (κ2) is 14.3. The van der Waals surface area contributed by atoms with Crippen molar-refractivity contribution in [3.05, 3.63) is 52.3 Å². The van der Waals surface area contributed by atoms with Crippen molar-refractivity contribution in [3.8, 4) is 11.3 Å².